The molecule has 4 aliphatic rings. The summed E-state index contributed by atoms with van der Waals surface area (Å²) >= 11 is 0. The summed E-state index contributed by atoms with van der Waals surface area (Å²) in [7, 11) is 0. The Bertz CT molecular complexity index is 1150. The van der Waals surface area contributed by atoms with E-state index in [2.05, 4.69) is 14.7 Å². The van der Waals surface area contributed by atoms with Crippen molar-refractivity contribution in [3.63, 3.8) is 0 Å². The van der Waals surface area contributed by atoms with Gasteiger partial charge in [0.15, 0.2) is 11.4 Å². The lowest BCUT2D eigenvalue weighted by atomic mass is 9.89. The monoisotopic (exact) mass is 548 g/mol. The molecule has 6 rings (SSSR count). The van der Waals surface area contributed by atoms with Crippen LogP contribution in [0.15, 0.2) is 12.1 Å². The van der Waals surface area contributed by atoms with E-state index in [1.54, 1.807) is 0 Å². The van der Waals surface area contributed by atoms with Crippen molar-refractivity contribution >= 4 is 28.5 Å². The number of likely N-dealkylation sites (tertiary alicyclic amines) is 2. The Morgan fingerprint density at radius 1 is 0.725 bits per heavy atom. The molecule has 0 unspecified atom stereocenters. The van der Waals surface area contributed by atoms with Crippen molar-refractivity contribution < 1.29 is 9.59 Å². The lowest BCUT2D eigenvalue weighted by molar-refractivity contribution is 0.0789. The standard InChI is InChI=1S/C32H48N6O2/c39-28(24-25-14-20-36(21-15-25)23-22-35-16-8-9-17-35)30-27-12-13-29(37-18-6-1-2-7-19-37)33-31(27)38(34-30)32(40)26-10-4-3-5-11-26/h12-13,25-26H,1-11,14-24H2. The van der Waals surface area contributed by atoms with Crippen molar-refractivity contribution in [1.82, 2.24) is 24.6 Å². The number of rotatable bonds is 8. The molecule has 0 spiro atoms. The van der Waals surface area contributed by atoms with E-state index in [1.807, 2.05) is 12.1 Å². The lowest BCUT2D eigenvalue weighted by Crippen LogP contribution is -2.39. The highest BCUT2D eigenvalue weighted by Crippen LogP contribution is 2.30. The lowest BCUT2D eigenvalue weighted by Gasteiger charge is -2.32. The molecule has 0 radical (unpaired) electrons. The minimum absolute atomic E-state index is 0.0201. The number of carbonyl (C=O) groups excluding carboxylic acids is 2. The Kier molecular flexibility index (Phi) is 9.12. The molecule has 4 fully saturated rings. The van der Waals surface area contributed by atoms with Gasteiger partial charge in [0.25, 0.3) is 5.91 Å². The molecule has 2 aromatic heterocycles. The van der Waals surface area contributed by atoms with Crippen LogP contribution < -0.4 is 4.90 Å². The van der Waals surface area contributed by atoms with Crippen molar-refractivity contribution in [3.05, 3.63) is 17.8 Å². The third-order valence-electron chi connectivity index (χ3n) is 9.99. The number of piperidine rings is 1. The Labute approximate surface area is 239 Å². The number of ketones is 1. The summed E-state index contributed by atoms with van der Waals surface area (Å²) in [6, 6.07) is 4.05. The average Bonchev–Trinajstić information content (AvgIpc) is 3.57. The van der Waals surface area contributed by atoms with Gasteiger partial charge in [0.05, 0.1) is 5.39 Å². The van der Waals surface area contributed by atoms with Crippen molar-refractivity contribution in [2.45, 2.75) is 89.9 Å². The average molecular weight is 549 g/mol. The van der Waals surface area contributed by atoms with Gasteiger partial charge < -0.3 is 14.7 Å². The zero-order chi connectivity index (χ0) is 27.3. The van der Waals surface area contributed by atoms with Crippen molar-refractivity contribution in [3.8, 4) is 0 Å². The minimum Gasteiger partial charge on any atom is -0.357 e. The summed E-state index contributed by atoms with van der Waals surface area (Å²) < 4.78 is 1.51. The molecule has 1 saturated carbocycles. The first-order chi connectivity index (χ1) is 19.7. The quantitative estimate of drug-likeness (QED) is 0.408. The Morgan fingerprint density at radius 2 is 1.35 bits per heavy atom. The maximum atomic E-state index is 13.7. The molecule has 8 nitrogen and oxygen atoms in total. The van der Waals surface area contributed by atoms with Gasteiger partial charge in [-0.05, 0) is 95.6 Å². The van der Waals surface area contributed by atoms with E-state index in [0.29, 0.717) is 23.7 Å². The number of nitrogens with zero attached hydrogens (tertiary/aromatic N) is 6. The van der Waals surface area contributed by atoms with Gasteiger partial charge in [-0.25, -0.2) is 4.98 Å². The summed E-state index contributed by atoms with van der Waals surface area (Å²) in [5.41, 5.74) is 1.03. The van der Waals surface area contributed by atoms with Gasteiger partial charge in [-0.3, -0.25) is 9.59 Å². The van der Waals surface area contributed by atoms with E-state index in [0.717, 1.165) is 82.5 Å². The second-order valence-corrected chi connectivity index (χ2v) is 12.8. The smallest absolute Gasteiger partial charge is 0.251 e. The Morgan fingerprint density at radius 3 is 2.05 bits per heavy atom. The van der Waals surface area contributed by atoms with Crippen LogP contribution in [0.4, 0.5) is 5.82 Å². The van der Waals surface area contributed by atoms with Crippen molar-refractivity contribution in [1.29, 1.82) is 0 Å². The van der Waals surface area contributed by atoms with Gasteiger partial charge in [0, 0.05) is 38.5 Å². The number of carbonyl (C=O) groups is 2. The molecule has 5 heterocycles. The molecule has 218 valence electrons. The van der Waals surface area contributed by atoms with Crippen molar-refractivity contribution in [2.75, 3.05) is 57.3 Å². The van der Waals surface area contributed by atoms with Gasteiger partial charge in [0.2, 0.25) is 0 Å². The molecule has 0 bridgehead atoms. The third-order valence-corrected chi connectivity index (χ3v) is 9.99. The molecule has 3 saturated heterocycles. The van der Waals surface area contributed by atoms with Crippen LogP contribution in [-0.2, 0) is 0 Å². The fraction of sp³-hybridized carbons (Fsp3) is 0.750. The third kappa shape index (κ3) is 6.43. The molecular formula is C32H48N6O2. The molecule has 0 aromatic carbocycles. The predicted octanol–water partition coefficient (Wildman–Crippen LogP) is 5.41. The van der Waals surface area contributed by atoms with E-state index in [-0.39, 0.29) is 17.6 Å². The first kappa shape index (κ1) is 27.8. The zero-order valence-corrected chi connectivity index (χ0v) is 24.4. The topological polar surface area (TPSA) is 74.6 Å². The SMILES string of the molecule is O=C(CC1CCN(CCN2CCCC2)CC1)c1nn(C(=O)C2CCCCC2)c2nc(N3CCCCCC3)ccc12. The zero-order valence-electron chi connectivity index (χ0n) is 24.4. The number of pyridine rings is 1. The van der Waals surface area contributed by atoms with Crippen LogP contribution in [0.5, 0.6) is 0 Å². The summed E-state index contributed by atoms with van der Waals surface area (Å²) in [6.07, 6.45) is 15.4. The molecule has 3 aliphatic heterocycles. The van der Waals surface area contributed by atoms with Crippen LogP contribution in [-0.4, -0.2) is 88.6 Å². The first-order valence-electron chi connectivity index (χ1n) is 16.3. The van der Waals surface area contributed by atoms with Crippen LogP contribution in [0.1, 0.15) is 105 Å². The van der Waals surface area contributed by atoms with E-state index in [1.165, 1.54) is 69.3 Å². The van der Waals surface area contributed by atoms with Crippen LogP contribution in [0, 0.1) is 11.8 Å². The predicted molar refractivity (Wildman–Crippen MR) is 159 cm³/mol. The summed E-state index contributed by atoms with van der Waals surface area (Å²) in [5, 5.41) is 5.49. The van der Waals surface area contributed by atoms with Crippen LogP contribution in [0.2, 0.25) is 0 Å². The van der Waals surface area contributed by atoms with Crippen LogP contribution in [0.25, 0.3) is 11.0 Å². The van der Waals surface area contributed by atoms with Crippen LogP contribution >= 0.6 is 0 Å². The van der Waals surface area contributed by atoms with Gasteiger partial charge in [0.1, 0.15) is 11.5 Å². The van der Waals surface area contributed by atoms with Gasteiger partial charge >= 0.3 is 0 Å². The van der Waals surface area contributed by atoms with E-state index in [4.69, 9.17) is 10.1 Å². The fourth-order valence-corrected chi connectivity index (χ4v) is 7.41. The maximum Gasteiger partial charge on any atom is 0.251 e. The molecule has 0 amide bonds. The summed E-state index contributed by atoms with van der Waals surface area (Å²) in [5.74, 6) is 1.37. The summed E-state index contributed by atoms with van der Waals surface area (Å²) in [6.45, 7) is 8.95. The molecule has 2 aromatic rings. The highest BCUT2D eigenvalue weighted by atomic mass is 16.2. The second-order valence-electron chi connectivity index (χ2n) is 12.8. The normalized spacial score (nSPS) is 22.6. The highest BCUT2D eigenvalue weighted by molar-refractivity contribution is 6.07. The minimum atomic E-state index is -0.0201. The van der Waals surface area contributed by atoms with Crippen LogP contribution in [0.3, 0.4) is 0 Å². The Hall–Kier alpha value is -2.32. The number of hydrogen-bond donors (Lipinski definition) is 0. The van der Waals surface area contributed by atoms with Gasteiger partial charge in [-0.2, -0.15) is 9.78 Å². The highest BCUT2D eigenvalue weighted by Gasteiger charge is 2.30. The fourth-order valence-electron chi connectivity index (χ4n) is 7.41. The largest absolute Gasteiger partial charge is 0.357 e. The number of Topliss-reactive ketones (excluding diaryl/α,β-unsaturated/α-hetero) is 1. The molecule has 1 aliphatic carbocycles. The molecule has 0 atom stereocenters. The van der Waals surface area contributed by atoms with Gasteiger partial charge in [-0.15, -0.1) is 0 Å². The van der Waals surface area contributed by atoms with E-state index in [9.17, 15) is 9.59 Å². The summed E-state index contributed by atoms with van der Waals surface area (Å²) in [4.78, 5) is 39.9. The first-order valence-corrected chi connectivity index (χ1v) is 16.3. The van der Waals surface area contributed by atoms with Gasteiger partial charge in [-0.1, -0.05) is 32.1 Å². The number of anilines is 1. The van der Waals surface area contributed by atoms with E-state index >= 15 is 0 Å². The molecule has 40 heavy (non-hydrogen) atoms. The molecular weight excluding hydrogens is 500 g/mol. The molecule has 0 N–H and O–H groups in total. The second kappa shape index (κ2) is 13.1. The van der Waals surface area contributed by atoms with Crippen molar-refractivity contribution in [2.24, 2.45) is 11.8 Å². The number of hydrogen-bond acceptors (Lipinski definition) is 7. The maximum absolute atomic E-state index is 13.7. The number of fused-ring (bicyclic) bond motifs is 1. The Balaban J connectivity index is 1.17. The molecule has 8 heteroatoms. The van der Waals surface area contributed by atoms with E-state index < -0.39 is 0 Å². The number of aromatic nitrogens is 3.